The van der Waals surface area contributed by atoms with Crippen LogP contribution in [0.3, 0.4) is 0 Å². The molecule has 4 heteroatoms. The topological polar surface area (TPSA) is 20.2 Å². The molecule has 0 aliphatic rings. The van der Waals surface area contributed by atoms with Crippen LogP contribution >= 0.6 is 35.3 Å². The van der Waals surface area contributed by atoms with Gasteiger partial charge in [-0.25, -0.2) is 0 Å². The Kier molecular flexibility index (Phi) is 9.78. The van der Waals surface area contributed by atoms with Gasteiger partial charge >= 0.3 is 0 Å². The van der Waals surface area contributed by atoms with Crippen LogP contribution in [0, 0.1) is 6.92 Å². The lowest BCUT2D eigenvalue weighted by molar-refractivity contribution is 0.462. The van der Waals surface area contributed by atoms with Crippen molar-refractivity contribution >= 4 is 35.3 Å². The van der Waals surface area contributed by atoms with Crippen LogP contribution in [0.4, 0.5) is 0 Å². The van der Waals surface area contributed by atoms with Crippen LogP contribution in [0.15, 0.2) is 23.1 Å². The van der Waals surface area contributed by atoms with Crippen LogP contribution < -0.4 is 0 Å². The minimum Gasteiger partial charge on any atom is -0.507 e. The number of phenolic OH excluding ortho intramolecular Hbond substituents is 1. The first kappa shape index (κ1) is 19.1. The predicted octanol–water partition coefficient (Wildman–Crippen LogP) is 5.84. The first-order valence-corrected chi connectivity index (χ1v) is 11.1. The fourth-order valence-corrected chi connectivity index (χ4v) is 5.15. The summed E-state index contributed by atoms with van der Waals surface area (Å²) in [4.78, 5) is 1.02. The number of thioether (sulfide) groups is 3. The number of benzene rings is 1. The molecule has 0 radical (unpaired) electrons. The summed E-state index contributed by atoms with van der Waals surface area (Å²) in [5, 5.41) is 11.4. The molecule has 1 nitrogen and oxygen atoms in total. The van der Waals surface area contributed by atoms with Crippen LogP contribution in [-0.4, -0.2) is 33.9 Å². The maximum atomic E-state index is 9.90. The highest BCUT2D eigenvalue weighted by molar-refractivity contribution is 8.03. The van der Waals surface area contributed by atoms with Gasteiger partial charge in [0.2, 0.25) is 0 Å². The summed E-state index contributed by atoms with van der Waals surface area (Å²) in [5.74, 6) is 1.49. The van der Waals surface area contributed by atoms with Gasteiger partial charge in [-0.05, 0) is 56.4 Å². The Morgan fingerprint density at radius 2 is 1.76 bits per heavy atom. The van der Waals surface area contributed by atoms with Gasteiger partial charge in [0.15, 0.2) is 0 Å². The molecule has 2 unspecified atom stereocenters. The normalized spacial score (nSPS) is 14.1. The standard InChI is InChI=1S/C17H28OS3/c1-5-14(19-3)7-6-8-15(20-4)12-21-17-11-13(2)9-10-16(17)18/h9-11,14-15,18H,5-8,12H2,1-4H3. The number of hydrogen-bond donors (Lipinski definition) is 1. The van der Waals surface area contributed by atoms with Gasteiger partial charge in [0.25, 0.3) is 0 Å². The lowest BCUT2D eigenvalue weighted by Gasteiger charge is -2.17. The van der Waals surface area contributed by atoms with Gasteiger partial charge in [-0.3, -0.25) is 0 Å². The van der Waals surface area contributed by atoms with E-state index in [9.17, 15) is 5.11 Å². The summed E-state index contributed by atoms with van der Waals surface area (Å²) >= 11 is 5.74. The minimum absolute atomic E-state index is 0.416. The molecule has 1 aromatic carbocycles. The summed E-state index contributed by atoms with van der Waals surface area (Å²) in [6, 6.07) is 5.84. The second-order valence-electron chi connectivity index (χ2n) is 5.34. The van der Waals surface area contributed by atoms with Crippen LogP contribution in [0.5, 0.6) is 5.75 Å². The molecular weight excluding hydrogens is 316 g/mol. The summed E-state index contributed by atoms with van der Waals surface area (Å²) < 4.78 is 0. The molecule has 0 aromatic heterocycles. The third-order valence-electron chi connectivity index (χ3n) is 3.71. The SMILES string of the molecule is CCC(CCCC(CSc1cc(C)ccc1O)SC)SC. The Hall–Kier alpha value is 0.0700. The van der Waals surface area contributed by atoms with E-state index < -0.39 is 0 Å². The molecule has 2 atom stereocenters. The molecule has 1 rings (SSSR count). The predicted molar refractivity (Wildman–Crippen MR) is 102 cm³/mol. The third kappa shape index (κ3) is 7.25. The van der Waals surface area contributed by atoms with Gasteiger partial charge in [-0.1, -0.05) is 19.4 Å². The van der Waals surface area contributed by atoms with E-state index in [1.165, 1.54) is 31.2 Å². The van der Waals surface area contributed by atoms with Crippen molar-refractivity contribution in [2.75, 3.05) is 18.3 Å². The van der Waals surface area contributed by atoms with Crippen LogP contribution in [0.1, 0.15) is 38.2 Å². The van der Waals surface area contributed by atoms with Gasteiger partial charge in [-0.2, -0.15) is 23.5 Å². The average molecular weight is 345 g/mol. The van der Waals surface area contributed by atoms with Crippen molar-refractivity contribution in [3.8, 4) is 5.75 Å². The van der Waals surface area contributed by atoms with Gasteiger partial charge in [-0.15, -0.1) is 11.8 Å². The van der Waals surface area contributed by atoms with Crippen molar-refractivity contribution in [2.45, 2.75) is 54.9 Å². The molecule has 1 N–H and O–H groups in total. The van der Waals surface area contributed by atoms with Gasteiger partial charge in [0, 0.05) is 21.1 Å². The van der Waals surface area contributed by atoms with Crippen LogP contribution in [0.25, 0.3) is 0 Å². The van der Waals surface area contributed by atoms with Gasteiger partial charge in [0.05, 0.1) is 0 Å². The van der Waals surface area contributed by atoms with Crippen molar-refractivity contribution in [2.24, 2.45) is 0 Å². The molecule has 0 saturated carbocycles. The van der Waals surface area contributed by atoms with Crippen molar-refractivity contribution in [3.63, 3.8) is 0 Å². The average Bonchev–Trinajstić information content (AvgIpc) is 2.50. The molecule has 1 aromatic rings. The highest BCUT2D eigenvalue weighted by Gasteiger charge is 2.11. The maximum absolute atomic E-state index is 9.90. The monoisotopic (exact) mass is 344 g/mol. The lowest BCUT2D eigenvalue weighted by Crippen LogP contribution is -2.08. The first-order valence-electron chi connectivity index (χ1n) is 7.58. The van der Waals surface area contributed by atoms with E-state index in [2.05, 4.69) is 32.4 Å². The van der Waals surface area contributed by atoms with E-state index in [1.54, 1.807) is 17.8 Å². The van der Waals surface area contributed by atoms with Gasteiger partial charge < -0.3 is 5.11 Å². The highest BCUT2D eigenvalue weighted by Crippen LogP contribution is 2.32. The largest absolute Gasteiger partial charge is 0.507 e. The molecule has 0 spiro atoms. The zero-order chi connectivity index (χ0) is 15.7. The maximum Gasteiger partial charge on any atom is 0.129 e. The number of hydrogen-bond acceptors (Lipinski definition) is 4. The van der Waals surface area contributed by atoms with Crippen LogP contribution in [-0.2, 0) is 0 Å². The Morgan fingerprint density at radius 3 is 2.38 bits per heavy atom. The Labute approximate surface area is 143 Å². The first-order chi connectivity index (χ1) is 10.1. The van der Waals surface area contributed by atoms with Gasteiger partial charge in [0.1, 0.15) is 5.75 Å². The molecule has 0 saturated heterocycles. The number of aromatic hydroxyl groups is 1. The molecule has 21 heavy (non-hydrogen) atoms. The minimum atomic E-state index is 0.416. The van der Waals surface area contributed by atoms with E-state index in [1.807, 2.05) is 29.6 Å². The smallest absolute Gasteiger partial charge is 0.129 e. The summed E-state index contributed by atoms with van der Waals surface area (Å²) in [7, 11) is 0. The summed E-state index contributed by atoms with van der Waals surface area (Å²) in [6.07, 6.45) is 9.61. The van der Waals surface area contributed by atoms with Crippen LogP contribution in [0.2, 0.25) is 0 Å². The van der Waals surface area contributed by atoms with Crippen molar-refractivity contribution in [1.29, 1.82) is 0 Å². The third-order valence-corrected chi connectivity index (χ3v) is 7.44. The lowest BCUT2D eigenvalue weighted by atomic mass is 10.1. The van der Waals surface area contributed by atoms with E-state index in [4.69, 9.17) is 0 Å². The zero-order valence-electron chi connectivity index (χ0n) is 13.6. The molecule has 0 heterocycles. The number of rotatable bonds is 10. The highest BCUT2D eigenvalue weighted by atomic mass is 32.2. The molecule has 0 amide bonds. The number of phenols is 1. The quantitative estimate of drug-likeness (QED) is 0.538. The number of aryl methyl sites for hydroxylation is 1. The zero-order valence-corrected chi connectivity index (χ0v) is 16.0. The van der Waals surface area contributed by atoms with Crippen molar-refractivity contribution in [3.05, 3.63) is 23.8 Å². The molecule has 0 aliphatic heterocycles. The fraction of sp³-hybridized carbons (Fsp3) is 0.647. The van der Waals surface area contributed by atoms with Crippen molar-refractivity contribution < 1.29 is 5.11 Å². The van der Waals surface area contributed by atoms with Crippen molar-refractivity contribution in [1.82, 2.24) is 0 Å². The fourth-order valence-electron chi connectivity index (χ4n) is 2.25. The van der Waals surface area contributed by atoms with E-state index in [-0.39, 0.29) is 0 Å². The second-order valence-corrected chi connectivity index (χ2v) is 8.67. The Bertz CT molecular complexity index is 405. The Balaban J connectivity index is 2.38. The molecule has 120 valence electrons. The van der Waals surface area contributed by atoms with E-state index in [0.29, 0.717) is 11.0 Å². The Morgan fingerprint density at radius 1 is 1.10 bits per heavy atom. The second kappa shape index (κ2) is 10.7. The summed E-state index contributed by atoms with van der Waals surface area (Å²) in [6.45, 7) is 4.35. The van der Waals surface area contributed by atoms with E-state index >= 15 is 0 Å². The molecular formula is C17H28OS3. The summed E-state index contributed by atoms with van der Waals surface area (Å²) in [5.41, 5.74) is 1.21. The molecule has 0 bridgehead atoms. The molecule has 0 aliphatic carbocycles. The van der Waals surface area contributed by atoms with E-state index in [0.717, 1.165) is 15.9 Å². The molecule has 0 fully saturated rings.